The van der Waals surface area contributed by atoms with E-state index in [2.05, 4.69) is 6.07 Å². The number of carbonyl (C=O) groups excluding carboxylic acids is 1. The first kappa shape index (κ1) is 13.2. The third-order valence-corrected chi connectivity index (χ3v) is 3.54. The molecule has 90 valence electrons. The van der Waals surface area contributed by atoms with Crippen molar-refractivity contribution >= 4 is 5.78 Å². The van der Waals surface area contributed by atoms with Crippen LogP contribution >= 0.6 is 0 Å². The second-order valence-electron chi connectivity index (χ2n) is 5.21. The number of ketones is 1. The quantitative estimate of drug-likeness (QED) is 0.673. The maximum atomic E-state index is 12.2. The zero-order valence-corrected chi connectivity index (χ0v) is 10.5. The molecule has 1 saturated carbocycles. The van der Waals surface area contributed by atoms with E-state index in [1.807, 2.05) is 20.8 Å². The smallest absolute Gasteiger partial charge is 0.158 e. The Labute approximate surface area is 97.8 Å². The van der Waals surface area contributed by atoms with Crippen LogP contribution in [0.25, 0.3) is 0 Å². The Hall–Kier alpha value is -0.880. The van der Waals surface area contributed by atoms with E-state index >= 15 is 0 Å². The summed E-state index contributed by atoms with van der Waals surface area (Å²) in [6.07, 6.45) is 2.98. The maximum Gasteiger partial charge on any atom is 0.158 e. The molecule has 16 heavy (non-hydrogen) atoms. The molecule has 0 amide bonds. The van der Waals surface area contributed by atoms with Gasteiger partial charge in [0, 0.05) is 18.6 Å². The van der Waals surface area contributed by atoms with Crippen molar-refractivity contribution in [3.63, 3.8) is 0 Å². The van der Waals surface area contributed by atoms with Crippen LogP contribution in [0.15, 0.2) is 0 Å². The zero-order chi connectivity index (χ0) is 12.2. The van der Waals surface area contributed by atoms with E-state index in [0.717, 1.165) is 12.8 Å². The van der Waals surface area contributed by atoms with Crippen molar-refractivity contribution in [2.75, 3.05) is 13.2 Å². The molecule has 0 aromatic rings. The van der Waals surface area contributed by atoms with Crippen LogP contribution in [0.1, 0.15) is 46.5 Å². The first-order valence-electron chi connectivity index (χ1n) is 6.02. The topological polar surface area (TPSA) is 50.1 Å². The summed E-state index contributed by atoms with van der Waals surface area (Å²) in [7, 11) is 0. The molecule has 3 heteroatoms. The lowest BCUT2D eigenvalue weighted by molar-refractivity contribution is -0.130. The Morgan fingerprint density at radius 2 is 2.12 bits per heavy atom. The predicted molar refractivity (Wildman–Crippen MR) is 61.8 cm³/mol. The van der Waals surface area contributed by atoms with Gasteiger partial charge in [-0.25, -0.2) is 0 Å². The van der Waals surface area contributed by atoms with Gasteiger partial charge >= 0.3 is 0 Å². The number of nitrogens with zero attached hydrogens (tertiary/aromatic N) is 1. The lowest BCUT2D eigenvalue weighted by Crippen LogP contribution is -2.31. The molecule has 0 N–H and O–H groups in total. The number of nitriles is 1. The fraction of sp³-hybridized carbons (Fsp3) is 0.846. The fourth-order valence-electron chi connectivity index (χ4n) is 2.42. The molecule has 0 bridgehead atoms. The average Bonchev–Trinajstić information content (AvgIpc) is 2.49. The summed E-state index contributed by atoms with van der Waals surface area (Å²) < 4.78 is 5.25. The highest BCUT2D eigenvalue weighted by molar-refractivity contribution is 5.94. The number of rotatable bonds is 5. The number of hydrogen-bond donors (Lipinski definition) is 0. The van der Waals surface area contributed by atoms with Gasteiger partial charge in [-0.05, 0) is 32.6 Å². The molecule has 1 fully saturated rings. The third kappa shape index (κ3) is 2.44. The van der Waals surface area contributed by atoms with Gasteiger partial charge in [0.2, 0.25) is 0 Å². The second-order valence-corrected chi connectivity index (χ2v) is 5.21. The first-order valence-corrected chi connectivity index (χ1v) is 6.02. The lowest BCUT2D eigenvalue weighted by Gasteiger charge is -2.22. The number of hydrogen-bond acceptors (Lipinski definition) is 3. The minimum Gasteiger partial charge on any atom is -0.382 e. The maximum absolute atomic E-state index is 12.2. The molecule has 1 aliphatic carbocycles. The molecule has 1 unspecified atom stereocenters. The van der Waals surface area contributed by atoms with Gasteiger partial charge in [-0.15, -0.1) is 0 Å². The molecule has 0 heterocycles. The average molecular weight is 223 g/mol. The standard InChI is InChI=1S/C13H21NO2/c1-4-16-9-5-6-13(10-14)8-7-12(2,3)11(13)15/h4-9H2,1-3H3. The van der Waals surface area contributed by atoms with Gasteiger partial charge in [-0.3, -0.25) is 4.79 Å². The molecule has 0 spiro atoms. The molecule has 3 nitrogen and oxygen atoms in total. The lowest BCUT2D eigenvalue weighted by atomic mass is 9.78. The Morgan fingerprint density at radius 3 is 2.56 bits per heavy atom. The summed E-state index contributed by atoms with van der Waals surface area (Å²) >= 11 is 0. The number of Topliss-reactive ketones (excluding diaryl/α,β-unsaturated/α-hetero) is 1. The van der Waals surface area contributed by atoms with Crippen LogP contribution < -0.4 is 0 Å². The summed E-state index contributed by atoms with van der Waals surface area (Å²) in [5.41, 5.74) is -1.05. The summed E-state index contributed by atoms with van der Waals surface area (Å²) in [6, 6.07) is 2.25. The Bertz CT molecular complexity index is 304. The van der Waals surface area contributed by atoms with Crippen molar-refractivity contribution in [3.05, 3.63) is 0 Å². The van der Waals surface area contributed by atoms with Crippen LogP contribution in [0.2, 0.25) is 0 Å². The molecule has 0 aliphatic heterocycles. The van der Waals surface area contributed by atoms with Crippen LogP contribution in [0.3, 0.4) is 0 Å². The van der Waals surface area contributed by atoms with Gasteiger partial charge in [0.25, 0.3) is 0 Å². The molecule has 0 radical (unpaired) electrons. The normalized spacial score (nSPS) is 28.0. The zero-order valence-electron chi connectivity index (χ0n) is 10.5. The largest absolute Gasteiger partial charge is 0.382 e. The van der Waals surface area contributed by atoms with E-state index < -0.39 is 5.41 Å². The molecule has 1 atom stereocenters. The van der Waals surface area contributed by atoms with Gasteiger partial charge in [-0.2, -0.15) is 5.26 Å². The SMILES string of the molecule is CCOCCCC1(C#N)CCC(C)(C)C1=O. The van der Waals surface area contributed by atoms with Crippen LogP contribution in [0.4, 0.5) is 0 Å². The van der Waals surface area contributed by atoms with Crippen LogP contribution in [0, 0.1) is 22.2 Å². The van der Waals surface area contributed by atoms with Crippen LogP contribution in [-0.4, -0.2) is 19.0 Å². The molecule has 1 aliphatic rings. The second kappa shape index (κ2) is 4.97. The van der Waals surface area contributed by atoms with Crippen LogP contribution in [0.5, 0.6) is 0 Å². The van der Waals surface area contributed by atoms with Gasteiger partial charge in [0.15, 0.2) is 5.78 Å². The Balaban J connectivity index is 2.60. The Morgan fingerprint density at radius 1 is 1.44 bits per heavy atom. The summed E-state index contributed by atoms with van der Waals surface area (Å²) in [5.74, 6) is 0.124. The minimum atomic E-state index is -0.736. The van der Waals surface area contributed by atoms with Gasteiger partial charge in [0.1, 0.15) is 5.41 Å². The van der Waals surface area contributed by atoms with Crippen molar-refractivity contribution in [3.8, 4) is 6.07 Å². The van der Waals surface area contributed by atoms with E-state index in [0.29, 0.717) is 26.1 Å². The van der Waals surface area contributed by atoms with Gasteiger partial charge in [0.05, 0.1) is 6.07 Å². The van der Waals surface area contributed by atoms with Gasteiger partial charge < -0.3 is 4.74 Å². The van der Waals surface area contributed by atoms with Crippen molar-refractivity contribution < 1.29 is 9.53 Å². The summed E-state index contributed by atoms with van der Waals surface area (Å²) in [4.78, 5) is 12.2. The first-order chi connectivity index (χ1) is 7.48. The predicted octanol–water partition coefficient (Wildman–Crippen LogP) is 2.70. The highest BCUT2D eigenvalue weighted by Crippen LogP contribution is 2.47. The molecular weight excluding hydrogens is 202 g/mol. The van der Waals surface area contributed by atoms with Gasteiger partial charge in [-0.1, -0.05) is 13.8 Å². The fourth-order valence-corrected chi connectivity index (χ4v) is 2.42. The van der Waals surface area contributed by atoms with Crippen molar-refractivity contribution in [1.29, 1.82) is 5.26 Å². The third-order valence-electron chi connectivity index (χ3n) is 3.54. The monoisotopic (exact) mass is 223 g/mol. The van der Waals surface area contributed by atoms with Crippen molar-refractivity contribution in [1.82, 2.24) is 0 Å². The molecule has 0 saturated heterocycles. The van der Waals surface area contributed by atoms with E-state index in [1.165, 1.54) is 0 Å². The van der Waals surface area contributed by atoms with E-state index in [9.17, 15) is 10.1 Å². The Kier molecular flexibility index (Phi) is 4.09. The molecule has 0 aromatic carbocycles. The number of ether oxygens (including phenoxy) is 1. The highest BCUT2D eigenvalue weighted by Gasteiger charge is 2.51. The summed E-state index contributed by atoms with van der Waals surface area (Å²) in [5, 5.41) is 9.26. The van der Waals surface area contributed by atoms with E-state index in [1.54, 1.807) is 0 Å². The van der Waals surface area contributed by atoms with E-state index in [-0.39, 0.29) is 11.2 Å². The molecule has 0 aromatic heterocycles. The van der Waals surface area contributed by atoms with Crippen molar-refractivity contribution in [2.24, 2.45) is 10.8 Å². The van der Waals surface area contributed by atoms with Crippen molar-refractivity contribution in [2.45, 2.75) is 46.5 Å². The van der Waals surface area contributed by atoms with Crippen LogP contribution in [-0.2, 0) is 9.53 Å². The molecule has 1 rings (SSSR count). The highest BCUT2D eigenvalue weighted by atomic mass is 16.5. The summed E-state index contributed by atoms with van der Waals surface area (Å²) in [6.45, 7) is 7.17. The minimum absolute atomic E-state index is 0.124. The molecular formula is C13H21NO2. The van der Waals surface area contributed by atoms with E-state index in [4.69, 9.17) is 4.74 Å². The number of carbonyl (C=O) groups is 1.